The van der Waals surface area contributed by atoms with Gasteiger partial charge in [-0.15, -0.1) is 0 Å². The van der Waals surface area contributed by atoms with Gasteiger partial charge in [-0.05, 0) is 25.5 Å². The van der Waals surface area contributed by atoms with Crippen molar-refractivity contribution >= 4 is 17.4 Å². The minimum Gasteiger partial charge on any atom is -0.463 e. The number of carbonyl (C=O) groups excluding carboxylic acids is 2. The Balaban J connectivity index is 2.10. The highest BCUT2D eigenvalue weighted by Gasteiger charge is 2.19. The maximum atomic E-state index is 12.0. The number of nitrogens with zero attached hydrogens (tertiary/aromatic N) is 1. The molecular formula is C16H19NO3. The fraction of sp³-hybridized carbons (Fsp3) is 0.375. The van der Waals surface area contributed by atoms with Gasteiger partial charge < -0.3 is 9.64 Å². The predicted octanol–water partition coefficient (Wildman–Crippen LogP) is 2.59. The maximum absolute atomic E-state index is 12.0. The van der Waals surface area contributed by atoms with Crippen molar-refractivity contribution in [2.75, 3.05) is 24.6 Å². The molecule has 2 rings (SSSR count). The summed E-state index contributed by atoms with van der Waals surface area (Å²) in [5, 5.41) is 0. The van der Waals surface area contributed by atoms with Crippen LogP contribution in [0.15, 0.2) is 36.4 Å². The Morgan fingerprint density at radius 2 is 2.20 bits per heavy atom. The molecule has 0 N–H and O–H groups in total. The highest BCUT2D eigenvalue weighted by atomic mass is 16.5. The lowest BCUT2D eigenvalue weighted by molar-refractivity contribution is -0.137. The molecule has 1 aromatic carbocycles. The summed E-state index contributed by atoms with van der Waals surface area (Å²) in [6.07, 6.45) is 4.64. The third-order valence-corrected chi connectivity index (χ3v) is 3.24. The molecule has 0 saturated heterocycles. The summed E-state index contributed by atoms with van der Waals surface area (Å²) in [5.74, 6) is -0.135. The molecule has 1 heterocycles. The lowest BCUT2D eigenvalue weighted by Crippen LogP contribution is -2.24. The first-order valence-electron chi connectivity index (χ1n) is 6.93. The number of benzene rings is 1. The minimum atomic E-state index is -0.327. The van der Waals surface area contributed by atoms with Gasteiger partial charge in [0, 0.05) is 36.8 Å². The molecule has 0 radical (unpaired) electrons. The van der Waals surface area contributed by atoms with Gasteiger partial charge in [-0.1, -0.05) is 18.2 Å². The zero-order valence-corrected chi connectivity index (χ0v) is 11.7. The highest BCUT2D eigenvalue weighted by Crippen LogP contribution is 2.25. The van der Waals surface area contributed by atoms with Crippen LogP contribution in [0.4, 0.5) is 5.69 Å². The molecule has 0 aromatic heterocycles. The monoisotopic (exact) mass is 273 g/mol. The summed E-state index contributed by atoms with van der Waals surface area (Å²) in [4.78, 5) is 25.4. The number of ether oxygens (including phenoxy) is 1. The molecule has 0 spiro atoms. The average Bonchev–Trinajstić information content (AvgIpc) is 2.60. The molecule has 0 saturated carbocycles. The van der Waals surface area contributed by atoms with Gasteiger partial charge in [0.1, 0.15) is 0 Å². The van der Waals surface area contributed by atoms with Crippen molar-refractivity contribution in [3.8, 4) is 0 Å². The normalized spacial score (nSPS) is 15.1. The summed E-state index contributed by atoms with van der Waals surface area (Å²) in [5.41, 5.74) is 1.72. The Labute approximate surface area is 119 Å². The molecule has 0 aliphatic carbocycles. The second kappa shape index (κ2) is 6.89. The van der Waals surface area contributed by atoms with Crippen LogP contribution >= 0.6 is 0 Å². The van der Waals surface area contributed by atoms with Gasteiger partial charge in [-0.3, -0.25) is 4.79 Å². The number of para-hydroxylation sites is 1. The van der Waals surface area contributed by atoms with Crippen molar-refractivity contribution in [1.82, 2.24) is 0 Å². The predicted molar refractivity (Wildman–Crippen MR) is 78.0 cm³/mol. The molecular weight excluding hydrogens is 254 g/mol. The molecule has 1 aliphatic heterocycles. The van der Waals surface area contributed by atoms with Gasteiger partial charge in [-0.25, -0.2) is 4.79 Å². The molecule has 0 amide bonds. The van der Waals surface area contributed by atoms with Crippen LogP contribution in [0.5, 0.6) is 0 Å². The largest absolute Gasteiger partial charge is 0.463 e. The number of hydrogen-bond acceptors (Lipinski definition) is 4. The van der Waals surface area contributed by atoms with E-state index >= 15 is 0 Å². The molecule has 106 valence electrons. The lowest BCUT2D eigenvalue weighted by atomic mass is 10.1. The van der Waals surface area contributed by atoms with Crippen LogP contribution in [0.25, 0.3) is 0 Å². The van der Waals surface area contributed by atoms with Gasteiger partial charge in [-0.2, -0.15) is 0 Å². The van der Waals surface area contributed by atoms with Crippen LogP contribution in [0.1, 0.15) is 30.1 Å². The standard InChI is InChI=1S/C16H19NO3/c1-2-20-16(19)10-6-12-17-11-5-9-15(18)13-7-3-4-8-14(13)17/h3-4,6-8,10H,2,5,9,11-12H2,1H3/b10-6+. The Hall–Kier alpha value is -2.10. The first kappa shape index (κ1) is 14.3. The number of ketones is 1. The molecule has 1 aliphatic rings. The molecule has 0 unspecified atom stereocenters. The Kier molecular flexibility index (Phi) is 4.93. The summed E-state index contributed by atoms with van der Waals surface area (Å²) in [7, 11) is 0. The number of anilines is 1. The van der Waals surface area contributed by atoms with Gasteiger partial charge in [0.25, 0.3) is 0 Å². The van der Waals surface area contributed by atoms with Crippen LogP contribution in [0.3, 0.4) is 0 Å². The van der Waals surface area contributed by atoms with E-state index in [4.69, 9.17) is 4.74 Å². The van der Waals surface area contributed by atoms with E-state index in [1.54, 1.807) is 13.0 Å². The zero-order chi connectivity index (χ0) is 14.4. The van der Waals surface area contributed by atoms with E-state index in [0.29, 0.717) is 19.6 Å². The SMILES string of the molecule is CCOC(=O)/C=C/CN1CCCC(=O)c2ccccc21. The number of esters is 1. The van der Waals surface area contributed by atoms with Crippen molar-refractivity contribution in [3.05, 3.63) is 42.0 Å². The number of rotatable bonds is 4. The fourth-order valence-electron chi connectivity index (χ4n) is 2.33. The van der Waals surface area contributed by atoms with Crippen LogP contribution < -0.4 is 4.90 Å². The van der Waals surface area contributed by atoms with Crippen molar-refractivity contribution in [2.24, 2.45) is 0 Å². The minimum absolute atomic E-state index is 0.192. The van der Waals surface area contributed by atoms with Crippen LogP contribution in [-0.4, -0.2) is 31.4 Å². The molecule has 4 nitrogen and oxygen atoms in total. The maximum Gasteiger partial charge on any atom is 0.330 e. The van der Waals surface area contributed by atoms with Crippen molar-refractivity contribution in [1.29, 1.82) is 0 Å². The average molecular weight is 273 g/mol. The van der Waals surface area contributed by atoms with E-state index in [1.807, 2.05) is 24.3 Å². The quantitative estimate of drug-likeness (QED) is 0.625. The molecule has 1 aromatic rings. The number of hydrogen-bond donors (Lipinski definition) is 0. The molecule has 0 atom stereocenters. The second-order valence-electron chi connectivity index (χ2n) is 4.64. The molecule has 0 bridgehead atoms. The fourth-order valence-corrected chi connectivity index (χ4v) is 2.33. The number of fused-ring (bicyclic) bond motifs is 1. The van der Waals surface area contributed by atoms with E-state index in [1.165, 1.54) is 6.08 Å². The van der Waals surface area contributed by atoms with Crippen LogP contribution in [0, 0.1) is 0 Å². The smallest absolute Gasteiger partial charge is 0.330 e. The van der Waals surface area contributed by atoms with Gasteiger partial charge in [0.2, 0.25) is 0 Å². The second-order valence-corrected chi connectivity index (χ2v) is 4.64. The van der Waals surface area contributed by atoms with Crippen molar-refractivity contribution < 1.29 is 14.3 Å². The molecule has 4 heteroatoms. The van der Waals surface area contributed by atoms with E-state index in [0.717, 1.165) is 24.2 Å². The Morgan fingerprint density at radius 3 is 3.00 bits per heavy atom. The highest BCUT2D eigenvalue weighted by molar-refractivity contribution is 6.02. The number of carbonyl (C=O) groups is 2. The van der Waals surface area contributed by atoms with Crippen molar-refractivity contribution in [2.45, 2.75) is 19.8 Å². The summed E-state index contributed by atoms with van der Waals surface area (Å²) in [6, 6.07) is 7.63. The van der Waals surface area contributed by atoms with Crippen LogP contribution in [-0.2, 0) is 9.53 Å². The van der Waals surface area contributed by atoms with E-state index < -0.39 is 0 Å². The molecule has 20 heavy (non-hydrogen) atoms. The van der Waals surface area contributed by atoms with Gasteiger partial charge >= 0.3 is 5.97 Å². The van der Waals surface area contributed by atoms with E-state index in [2.05, 4.69) is 4.90 Å². The Bertz CT molecular complexity index is 522. The third-order valence-electron chi connectivity index (χ3n) is 3.24. The van der Waals surface area contributed by atoms with E-state index in [9.17, 15) is 9.59 Å². The molecule has 0 fully saturated rings. The number of Topliss-reactive ketones (excluding diaryl/α,β-unsaturated/α-hetero) is 1. The van der Waals surface area contributed by atoms with Crippen LogP contribution in [0.2, 0.25) is 0 Å². The third kappa shape index (κ3) is 3.47. The summed E-state index contributed by atoms with van der Waals surface area (Å²) < 4.78 is 4.84. The first-order valence-corrected chi connectivity index (χ1v) is 6.93. The zero-order valence-electron chi connectivity index (χ0n) is 11.7. The summed E-state index contributed by atoms with van der Waals surface area (Å²) >= 11 is 0. The van der Waals surface area contributed by atoms with E-state index in [-0.39, 0.29) is 11.8 Å². The van der Waals surface area contributed by atoms with Crippen molar-refractivity contribution in [3.63, 3.8) is 0 Å². The topological polar surface area (TPSA) is 46.6 Å². The summed E-state index contributed by atoms with van der Waals surface area (Å²) in [6.45, 7) is 3.58. The lowest BCUT2D eigenvalue weighted by Gasteiger charge is -2.22. The first-order chi connectivity index (χ1) is 9.72. The Morgan fingerprint density at radius 1 is 1.40 bits per heavy atom. The van der Waals surface area contributed by atoms with Gasteiger partial charge in [0.05, 0.1) is 6.61 Å². The van der Waals surface area contributed by atoms with Gasteiger partial charge in [0.15, 0.2) is 5.78 Å².